The molecule has 4 nitrogen and oxygen atoms in total. The lowest BCUT2D eigenvalue weighted by atomic mass is 9.84. The third-order valence-corrected chi connectivity index (χ3v) is 3.19. The molecule has 0 saturated heterocycles. The zero-order chi connectivity index (χ0) is 13.2. The second kappa shape index (κ2) is 5.07. The third kappa shape index (κ3) is 3.72. The molecular formula is C13H23NO3. The largest absolute Gasteiger partial charge is 0.444 e. The minimum Gasteiger partial charge on any atom is -0.444 e. The molecule has 1 amide bonds. The molecule has 0 aromatic carbocycles. The van der Waals surface area contributed by atoms with Crippen LogP contribution in [-0.4, -0.2) is 35.5 Å². The molecule has 0 heterocycles. The zero-order valence-corrected chi connectivity index (χ0v) is 11.4. The van der Waals surface area contributed by atoms with Crippen molar-refractivity contribution in [2.75, 3.05) is 7.05 Å². The average molecular weight is 241 g/mol. The number of ether oxygens (including phenoxy) is 1. The van der Waals surface area contributed by atoms with E-state index in [9.17, 15) is 9.59 Å². The van der Waals surface area contributed by atoms with Crippen LogP contribution >= 0.6 is 0 Å². The number of Topliss-reactive ketones (excluding diaryl/α,β-unsaturated/α-hetero) is 1. The topological polar surface area (TPSA) is 46.6 Å². The molecule has 1 fully saturated rings. The van der Waals surface area contributed by atoms with Gasteiger partial charge in [-0.1, -0.05) is 6.92 Å². The number of nitrogens with zero attached hydrogens (tertiary/aromatic N) is 1. The molecule has 4 heteroatoms. The Morgan fingerprint density at radius 2 is 2.00 bits per heavy atom. The molecule has 17 heavy (non-hydrogen) atoms. The van der Waals surface area contributed by atoms with E-state index in [-0.39, 0.29) is 23.8 Å². The Balaban J connectivity index is 2.65. The van der Waals surface area contributed by atoms with Crippen molar-refractivity contribution >= 4 is 11.9 Å². The van der Waals surface area contributed by atoms with E-state index in [0.29, 0.717) is 6.42 Å². The van der Waals surface area contributed by atoms with E-state index in [1.165, 1.54) is 0 Å². The predicted molar refractivity (Wildman–Crippen MR) is 65.8 cm³/mol. The highest BCUT2D eigenvalue weighted by atomic mass is 16.6. The summed E-state index contributed by atoms with van der Waals surface area (Å²) in [5, 5.41) is 0. The summed E-state index contributed by atoms with van der Waals surface area (Å²) in [4.78, 5) is 25.1. The monoisotopic (exact) mass is 241 g/mol. The van der Waals surface area contributed by atoms with Gasteiger partial charge in [-0.2, -0.15) is 0 Å². The Hall–Kier alpha value is -1.06. The standard InChI is InChI=1S/C13H23NO3/c1-9-10(7-6-8-11(9)15)14(5)12(16)17-13(2,3)4/h9-10H,6-8H2,1-5H3. The van der Waals surface area contributed by atoms with Crippen LogP contribution in [0.2, 0.25) is 0 Å². The van der Waals surface area contributed by atoms with Crippen molar-refractivity contribution in [1.82, 2.24) is 4.90 Å². The maximum atomic E-state index is 11.9. The first-order chi connectivity index (χ1) is 7.72. The van der Waals surface area contributed by atoms with Crippen molar-refractivity contribution in [3.8, 4) is 0 Å². The lowest BCUT2D eigenvalue weighted by Gasteiger charge is -2.36. The molecule has 0 N–H and O–H groups in total. The zero-order valence-electron chi connectivity index (χ0n) is 11.4. The normalized spacial score (nSPS) is 25.6. The van der Waals surface area contributed by atoms with Gasteiger partial charge in [0.25, 0.3) is 0 Å². The average Bonchev–Trinajstić information content (AvgIpc) is 2.18. The van der Waals surface area contributed by atoms with Gasteiger partial charge in [0.15, 0.2) is 0 Å². The second-order valence-corrected chi connectivity index (χ2v) is 5.81. The Kier molecular flexibility index (Phi) is 4.17. The predicted octanol–water partition coefficient (Wildman–Crippen LogP) is 2.61. The molecule has 1 aliphatic rings. The molecule has 0 bridgehead atoms. The van der Waals surface area contributed by atoms with E-state index >= 15 is 0 Å². The van der Waals surface area contributed by atoms with Crippen LogP contribution < -0.4 is 0 Å². The van der Waals surface area contributed by atoms with Gasteiger partial charge in [-0.25, -0.2) is 4.79 Å². The minimum atomic E-state index is -0.493. The van der Waals surface area contributed by atoms with Gasteiger partial charge in [0.1, 0.15) is 11.4 Å². The smallest absolute Gasteiger partial charge is 0.410 e. The summed E-state index contributed by atoms with van der Waals surface area (Å²) < 4.78 is 5.31. The van der Waals surface area contributed by atoms with Crippen LogP contribution in [0.3, 0.4) is 0 Å². The minimum absolute atomic E-state index is 0.0221. The Morgan fingerprint density at radius 3 is 2.53 bits per heavy atom. The highest BCUT2D eigenvalue weighted by molar-refractivity contribution is 5.83. The Bertz CT molecular complexity index is 306. The van der Waals surface area contributed by atoms with Crippen LogP contribution in [0.25, 0.3) is 0 Å². The van der Waals surface area contributed by atoms with E-state index in [1.807, 2.05) is 27.7 Å². The lowest BCUT2D eigenvalue weighted by Crippen LogP contribution is -2.47. The summed E-state index contributed by atoms with van der Waals surface area (Å²) in [5.41, 5.74) is -0.493. The summed E-state index contributed by atoms with van der Waals surface area (Å²) >= 11 is 0. The van der Waals surface area contributed by atoms with Gasteiger partial charge in [-0.3, -0.25) is 4.79 Å². The van der Waals surface area contributed by atoms with E-state index in [1.54, 1.807) is 11.9 Å². The van der Waals surface area contributed by atoms with Gasteiger partial charge >= 0.3 is 6.09 Å². The van der Waals surface area contributed by atoms with Gasteiger partial charge < -0.3 is 9.64 Å². The number of rotatable bonds is 1. The summed E-state index contributed by atoms with van der Waals surface area (Å²) in [5.74, 6) is 0.165. The summed E-state index contributed by atoms with van der Waals surface area (Å²) in [7, 11) is 1.72. The molecule has 1 aliphatic carbocycles. The number of hydrogen-bond acceptors (Lipinski definition) is 3. The molecule has 0 aromatic heterocycles. The molecule has 0 aliphatic heterocycles. The van der Waals surface area contributed by atoms with E-state index < -0.39 is 5.60 Å². The first-order valence-electron chi connectivity index (χ1n) is 6.21. The fourth-order valence-electron chi connectivity index (χ4n) is 2.18. The maximum Gasteiger partial charge on any atom is 0.410 e. The Labute approximate surface area is 103 Å². The first-order valence-corrected chi connectivity index (χ1v) is 6.21. The van der Waals surface area contributed by atoms with E-state index in [4.69, 9.17) is 4.74 Å². The van der Waals surface area contributed by atoms with Crippen LogP contribution in [0.5, 0.6) is 0 Å². The number of carbonyl (C=O) groups excluding carboxylic acids is 2. The molecular weight excluding hydrogens is 218 g/mol. The van der Waals surface area contributed by atoms with Crippen molar-refractivity contribution in [2.45, 2.75) is 58.6 Å². The quantitative estimate of drug-likeness (QED) is 0.709. The van der Waals surface area contributed by atoms with Crippen LogP contribution in [0.4, 0.5) is 4.79 Å². The van der Waals surface area contributed by atoms with Crippen molar-refractivity contribution in [1.29, 1.82) is 0 Å². The fraction of sp³-hybridized carbons (Fsp3) is 0.846. The number of amides is 1. The Morgan fingerprint density at radius 1 is 1.41 bits per heavy atom. The second-order valence-electron chi connectivity index (χ2n) is 5.81. The van der Waals surface area contributed by atoms with Crippen molar-refractivity contribution < 1.29 is 14.3 Å². The third-order valence-electron chi connectivity index (χ3n) is 3.19. The van der Waals surface area contributed by atoms with E-state index in [2.05, 4.69) is 0 Å². The number of ketones is 1. The lowest BCUT2D eigenvalue weighted by molar-refractivity contribution is -0.126. The van der Waals surface area contributed by atoms with E-state index in [0.717, 1.165) is 12.8 Å². The van der Waals surface area contributed by atoms with Crippen molar-refractivity contribution in [3.63, 3.8) is 0 Å². The molecule has 2 atom stereocenters. The van der Waals surface area contributed by atoms with Crippen LogP contribution in [0, 0.1) is 5.92 Å². The molecule has 98 valence electrons. The van der Waals surface area contributed by atoms with Crippen LogP contribution in [0.1, 0.15) is 47.0 Å². The van der Waals surface area contributed by atoms with Gasteiger partial charge in [0.05, 0.1) is 0 Å². The van der Waals surface area contributed by atoms with Crippen molar-refractivity contribution in [3.05, 3.63) is 0 Å². The molecule has 0 spiro atoms. The summed E-state index contributed by atoms with van der Waals surface area (Å²) in [6.07, 6.45) is 2.03. The molecule has 1 saturated carbocycles. The number of carbonyl (C=O) groups is 2. The van der Waals surface area contributed by atoms with Gasteiger partial charge in [0.2, 0.25) is 0 Å². The molecule has 0 aromatic rings. The highest BCUT2D eigenvalue weighted by Gasteiger charge is 2.34. The van der Waals surface area contributed by atoms with Crippen molar-refractivity contribution in [2.24, 2.45) is 5.92 Å². The number of hydrogen-bond donors (Lipinski definition) is 0. The van der Waals surface area contributed by atoms with Crippen LogP contribution in [-0.2, 0) is 9.53 Å². The summed E-state index contributed by atoms with van der Waals surface area (Å²) in [6.45, 7) is 7.42. The molecule has 2 unspecified atom stereocenters. The maximum absolute atomic E-state index is 11.9. The highest BCUT2D eigenvalue weighted by Crippen LogP contribution is 2.25. The van der Waals surface area contributed by atoms with Gasteiger partial charge in [-0.05, 0) is 33.6 Å². The van der Waals surface area contributed by atoms with Gasteiger partial charge in [-0.15, -0.1) is 0 Å². The molecule has 0 radical (unpaired) electrons. The van der Waals surface area contributed by atoms with Crippen LogP contribution in [0.15, 0.2) is 0 Å². The van der Waals surface area contributed by atoms with Gasteiger partial charge in [0, 0.05) is 25.4 Å². The SMILES string of the molecule is CC1C(=O)CCCC1N(C)C(=O)OC(C)(C)C. The first kappa shape index (κ1) is 14.0. The summed E-state index contributed by atoms with van der Waals surface area (Å²) in [6, 6.07) is -0.0221. The molecule has 1 rings (SSSR count). The fourth-order valence-corrected chi connectivity index (χ4v) is 2.18.